The fraction of sp³-hybridized carbons (Fsp3) is 0.333. The largest absolute Gasteiger partial charge is 0.473 e. The zero-order valence-corrected chi connectivity index (χ0v) is 8.67. The summed E-state index contributed by atoms with van der Waals surface area (Å²) in [6.45, 7) is 0.604. The van der Waals surface area contributed by atoms with Crippen molar-refractivity contribution in [2.24, 2.45) is 5.73 Å². The zero-order chi connectivity index (χ0) is 9.97. The van der Waals surface area contributed by atoms with Crippen molar-refractivity contribution in [1.29, 1.82) is 0 Å². The van der Waals surface area contributed by atoms with Crippen LogP contribution in [0.1, 0.15) is 5.69 Å². The molecule has 2 N–H and O–H groups in total. The molecule has 2 heterocycles. The number of ether oxygens (including phenoxy) is 1. The molecule has 0 atom stereocenters. The maximum absolute atomic E-state index is 5.50. The van der Waals surface area contributed by atoms with Crippen LogP contribution in [0.5, 0.6) is 5.19 Å². The van der Waals surface area contributed by atoms with E-state index in [0.717, 1.165) is 22.3 Å². The van der Waals surface area contributed by atoms with Gasteiger partial charge in [-0.15, -0.1) is 0 Å². The minimum atomic E-state index is 0.604. The maximum Gasteiger partial charge on any atom is 0.274 e. The molecule has 2 aromatic heterocycles. The molecule has 0 saturated carbocycles. The molecule has 5 heteroatoms. The molecule has 0 radical (unpaired) electrons. The third kappa shape index (κ3) is 1.56. The van der Waals surface area contributed by atoms with Gasteiger partial charge < -0.3 is 10.5 Å². The molecule has 0 spiro atoms. The van der Waals surface area contributed by atoms with E-state index in [-0.39, 0.29) is 0 Å². The van der Waals surface area contributed by atoms with Gasteiger partial charge in [-0.1, -0.05) is 11.3 Å². The van der Waals surface area contributed by atoms with Gasteiger partial charge in [-0.3, -0.25) is 4.98 Å². The predicted molar refractivity (Wildman–Crippen MR) is 56.7 cm³/mol. The molecule has 2 rings (SSSR count). The van der Waals surface area contributed by atoms with Crippen LogP contribution in [0.2, 0.25) is 0 Å². The Labute approximate surface area is 85.7 Å². The molecule has 14 heavy (non-hydrogen) atoms. The number of methoxy groups -OCH3 is 1. The second-order valence-corrected chi connectivity index (χ2v) is 3.79. The van der Waals surface area contributed by atoms with E-state index < -0.39 is 0 Å². The van der Waals surface area contributed by atoms with Gasteiger partial charge in [0.2, 0.25) is 0 Å². The van der Waals surface area contributed by atoms with Gasteiger partial charge >= 0.3 is 0 Å². The number of aromatic nitrogens is 2. The average Bonchev–Trinajstić information content (AvgIpc) is 2.62. The van der Waals surface area contributed by atoms with Crippen molar-refractivity contribution in [3.8, 4) is 5.19 Å². The summed E-state index contributed by atoms with van der Waals surface area (Å²) in [5, 5.41) is 0.672. The van der Waals surface area contributed by atoms with Crippen molar-refractivity contribution in [3.63, 3.8) is 0 Å². The molecule has 0 aliphatic carbocycles. The van der Waals surface area contributed by atoms with Gasteiger partial charge in [-0.05, 0) is 12.6 Å². The number of nitrogens with zero attached hydrogens (tertiary/aromatic N) is 2. The Bertz CT molecular complexity index is 441. The molecule has 0 aromatic carbocycles. The first-order valence-corrected chi connectivity index (χ1v) is 5.15. The second-order valence-electron chi connectivity index (χ2n) is 2.83. The highest BCUT2D eigenvalue weighted by molar-refractivity contribution is 7.20. The van der Waals surface area contributed by atoms with Crippen LogP contribution in [0.15, 0.2) is 12.3 Å². The normalized spacial score (nSPS) is 10.7. The minimum absolute atomic E-state index is 0.604. The van der Waals surface area contributed by atoms with Crippen LogP contribution in [0.4, 0.5) is 0 Å². The lowest BCUT2D eigenvalue weighted by molar-refractivity contribution is 0.413. The summed E-state index contributed by atoms with van der Waals surface area (Å²) < 4.78 is 6.16. The number of hydrogen-bond donors (Lipinski definition) is 1. The van der Waals surface area contributed by atoms with Gasteiger partial charge in [0.05, 0.1) is 23.0 Å². The van der Waals surface area contributed by atoms with Crippen LogP contribution in [0, 0.1) is 0 Å². The molecule has 4 nitrogen and oxygen atoms in total. The summed E-state index contributed by atoms with van der Waals surface area (Å²) in [7, 11) is 1.62. The standard InChI is InChI=1S/C9H11N3OS/c1-13-9-12-7-3-5-11-6(2-4-10)8(7)14-9/h3,5H,2,4,10H2,1H3. The Balaban J connectivity index is 2.55. The number of fused-ring (bicyclic) bond motifs is 1. The topological polar surface area (TPSA) is 61.0 Å². The number of rotatable bonds is 3. The van der Waals surface area contributed by atoms with E-state index in [1.807, 2.05) is 6.07 Å². The molecule has 0 saturated heterocycles. The van der Waals surface area contributed by atoms with Crippen LogP contribution < -0.4 is 10.5 Å². The number of nitrogens with two attached hydrogens (primary N) is 1. The third-order valence-corrected chi connectivity index (χ3v) is 3.00. The van der Waals surface area contributed by atoms with E-state index in [2.05, 4.69) is 9.97 Å². The molecule has 0 amide bonds. The highest BCUT2D eigenvalue weighted by Crippen LogP contribution is 2.29. The molecule has 0 bridgehead atoms. The van der Waals surface area contributed by atoms with Gasteiger partial charge in [0.25, 0.3) is 5.19 Å². The highest BCUT2D eigenvalue weighted by Gasteiger charge is 2.08. The lowest BCUT2D eigenvalue weighted by Crippen LogP contribution is -2.04. The minimum Gasteiger partial charge on any atom is -0.473 e. The smallest absolute Gasteiger partial charge is 0.274 e. The first-order valence-electron chi connectivity index (χ1n) is 4.33. The Kier molecular flexibility index (Phi) is 2.60. The third-order valence-electron chi connectivity index (χ3n) is 1.91. The number of thiazole rings is 1. The quantitative estimate of drug-likeness (QED) is 0.825. The van der Waals surface area contributed by atoms with Crippen LogP contribution in [-0.4, -0.2) is 23.6 Å². The van der Waals surface area contributed by atoms with Crippen LogP contribution in [0.25, 0.3) is 10.2 Å². The van der Waals surface area contributed by atoms with Crippen LogP contribution in [-0.2, 0) is 6.42 Å². The van der Waals surface area contributed by atoms with E-state index in [9.17, 15) is 0 Å². The summed E-state index contributed by atoms with van der Waals surface area (Å²) in [4.78, 5) is 8.57. The summed E-state index contributed by atoms with van der Waals surface area (Å²) in [5.41, 5.74) is 7.44. The summed E-state index contributed by atoms with van der Waals surface area (Å²) in [5.74, 6) is 0. The summed E-state index contributed by atoms with van der Waals surface area (Å²) >= 11 is 1.51. The van der Waals surface area contributed by atoms with Crippen molar-refractivity contribution in [2.75, 3.05) is 13.7 Å². The van der Waals surface area contributed by atoms with Crippen molar-refractivity contribution in [2.45, 2.75) is 6.42 Å². The Morgan fingerprint density at radius 2 is 2.43 bits per heavy atom. The van der Waals surface area contributed by atoms with Crippen molar-refractivity contribution >= 4 is 21.6 Å². The van der Waals surface area contributed by atoms with Gasteiger partial charge in [-0.2, -0.15) is 0 Å². The first kappa shape index (κ1) is 9.36. The fourth-order valence-electron chi connectivity index (χ4n) is 1.29. The highest BCUT2D eigenvalue weighted by atomic mass is 32.1. The van der Waals surface area contributed by atoms with Gasteiger partial charge in [0, 0.05) is 12.6 Å². The lowest BCUT2D eigenvalue weighted by Gasteiger charge is -1.96. The zero-order valence-electron chi connectivity index (χ0n) is 7.86. The van der Waals surface area contributed by atoms with Crippen molar-refractivity contribution in [1.82, 2.24) is 9.97 Å². The Morgan fingerprint density at radius 3 is 3.14 bits per heavy atom. The summed E-state index contributed by atoms with van der Waals surface area (Å²) in [6.07, 6.45) is 2.54. The van der Waals surface area contributed by atoms with Crippen molar-refractivity contribution < 1.29 is 4.74 Å². The second kappa shape index (κ2) is 3.89. The van der Waals surface area contributed by atoms with Gasteiger partial charge in [-0.25, -0.2) is 4.98 Å². The van der Waals surface area contributed by atoms with E-state index >= 15 is 0 Å². The summed E-state index contributed by atoms with van der Waals surface area (Å²) in [6, 6.07) is 1.88. The Hall–Kier alpha value is -1.20. The van der Waals surface area contributed by atoms with Crippen molar-refractivity contribution in [3.05, 3.63) is 18.0 Å². The molecule has 0 unspecified atom stereocenters. The molecule has 74 valence electrons. The lowest BCUT2D eigenvalue weighted by atomic mass is 10.2. The average molecular weight is 209 g/mol. The van der Waals surface area contributed by atoms with E-state index in [1.54, 1.807) is 13.3 Å². The predicted octanol–water partition coefficient (Wildman–Crippen LogP) is 1.20. The maximum atomic E-state index is 5.50. The van der Waals surface area contributed by atoms with Gasteiger partial charge in [0.15, 0.2) is 0 Å². The monoisotopic (exact) mass is 209 g/mol. The number of hydrogen-bond acceptors (Lipinski definition) is 5. The SMILES string of the molecule is COc1nc2ccnc(CCN)c2s1. The molecule has 0 fully saturated rings. The number of pyridine rings is 1. The van der Waals surface area contributed by atoms with Crippen LogP contribution in [0.3, 0.4) is 0 Å². The molecular formula is C9H11N3OS. The molecule has 0 aliphatic rings. The first-order chi connectivity index (χ1) is 6.85. The van der Waals surface area contributed by atoms with Gasteiger partial charge in [0.1, 0.15) is 0 Å². The molecule has 0 aliphatic heterocycles. The van der Waals surface area contributed by atoms with Crippen LogP contribution >= 0.6 is 11.3 Å². The van der Waals surface area contributed by atoms with E-state index in [0.29, 0.717) is 11.7 Å². The fourth-order valence-corrected chi connectivity index (χ4v) is 2.18. The molecular weight excluding hydrogens is 198 g/mol. The Morgan fingerprint density at radius 1 is 1.57 bits per heavy atom. The van der Waals surface area contributed by atoms with E-state index in [1.165, 1.54) is 11.3 Å². The molecule has 2 aromatic rings. The van der Waals surface area contributed by atoms with E-state index in [4.69, 9.17) is 10.5 Å².